The van der Waals surface area contributed by atoms with Crippen LogP contribution in [0.5, 0.6) is 0 Å². The van der Waals surface area contributed by atoms with E-state index in [0.717, 1.165) is 5.69 Å². The van der Waals surface area contributed by atoms with Crippen LogP contribution in [0.25, 0.3) is 0 Å². The number of nitriles is 1. The Hall–Kier alpha value is -2.06. The first-order valence-corrected chi connectivity index (χ1v) is 5.30. The molecule has 1 atom stereocenters. The van der Waals surface area contributed by atoms with Crippen molar-refractivity contribution in [2.75, 3.05) is 19.0 Å². The van der Waals surface area contributed by atoms with Crippen LogP contribution in [0.4, 0.5) is 5.69 Å². The van der Waals surface area contributed by atoms with E-state index in [1.807, 2.05) is 0 Å². The fourth-order valence-electron chi connectivity index (χ4n) is 1.46. The number of rotatable bonds is 4. The quantitative estimate of drug-likeness (QED) is 0.603. The fourth-order valence-corrected chi connectivity index (χ4v) is 1.46. The first-order valence-electron chi connectivity index (χ1n) is 5.30. The van der Waals surface area contributed by atoms with Crippen LogP contribution in [0, 0.1) is 17.2 Å². The molecule has 0 heterocycles. The Kier molecular flexibility index (Phi) is 4.49. The van der Waals surface area contributed by atoms with Crippen LogP contribution >= 0.6 is 0 Å². The van der Waals surface area contributed by atoms with Crippen LogP contribution in [-0.4, -0.2) is 24.4 Å². The van der Waals surface area contributed by atoms with E-state index < -0.39 is 0 Å². The Labute approximate surface area is 101 Å². The zero-order chi connectivity index (χ0) is 12.8. The molecule has 0 saturated carbocycles. The van der Waals surface area contributed by atoms with Gasteiger partial charge in [0, 0.05) is 24.8 Å². The van der Waals surface area contributed by atoms with Crippen molar-refractivity contribution < 1.29 is 4.79 Å². The molecule has 0 spiro atoms. The van der Waals surface area contributed by atoms with Gasteiger partial charge < -0.3 is 10.3 Å². The lowest BCUT2D eigenvalue weighted by Crippen LogP contribution is -2.30. The number of carbonyl (C=O) groups excluding carboxylic acids is 1. The van der Waals surface area contributed by atoms with E-state index >= 15 is 0 Å². The largest absolute Gasteiger partial charge is 0.340 e. The third kappa shape index (κ3) is 3.47. The summed E-state index contributed by atoms with van der Waals surface area (Å²) in [5.74, 6) is 4.96. The molecule has 0 aromatic heterocycles. The molecule has 1 unspecified atom stereocenters. The van der Waals surface area contributed by atoms with Crippen molar-refractivity contribution in [3.05, 3.63) is 29.8 Å². The number of hydrogen-bond donors (Lipinski definition) is 2. The van der Waals surface area contributed by atoms with Gasteiger partial charge in [-0.25, -0.2) is 0 Å². The molecule has 0 fully saturated rings. The average Bonchev–Trinajstić information content (AvgIpc) is 2.37. The van der Waals surface area contributed by atoms with E-state index in [0.29, 0.717) is 12.1 Å². The van der Waals surface area contributed by atoms with Gasteiger partial charge in [-0.2, -0.15) is 5.26 Å². The molecule has 3 N–H and O–H groups in total. The number of hydrogen-bond acceptors (Lipinski definition) is 4. The van der Waals surface area contributed by atoms with Gasteiger partial charge in [0.05, 0.1) is 12.0 Å². The Morgan fingerprint density at radius 2 is 2.12 bits per heavy atom. The standard InChI is InChI=1S/C12H16N4O/c1-9(7-13)8-16(2)12(17)10-3-5-11(15-14)6-4-10/h3-6,9,15H,8,14H2,1-2H3. The number of benzene rings is 1. The maximum Gasteiger partial charge on any atom is 0.253 e. The molecule has 1 aromatic carbocycles. The van der Waals surface area contributed by atoms with Crippen molar-refractivity contribution in [3.8, 4) is 6.07 Å². The number of carbonyl (C=O) groups is 1. The molecule has 17 heavy (non-hydrogen) atoms. The minimum Gasteiger partial charge on any atom is -0.340 e. The molecular formula is C12H16N4O. The van der Waals surface area contributed by atoms with Gasteiger partial charge in [-0.1, -0.05) is 0 Å². The summed E-state index contributed by atoms with van der Waals surface area (Å²) in [6, 6.07) is 8.96. The maximum absolute atomic E-state index is 12.0. The van der Waals surface area contributed by atoms with Gasteiger partial charge in [0.15, 0.2) is 0 Å². The minimum atomic E-state index is -0.172. The van der Waals surface area contributed by atoms with Crippen LogP contribution in [0.15, 0.2) is 24.3 Å². The average molecular weight is 232 g/mol. The molecule has 0 radical (unpaired) electrons. The molecule has 1 amide bonds. The van der Waals surface area contributed by atoms with Crippen molar-refractivity contribution in [1.29, 1.82) is 5.26 Å². The molecule has 0 aliphatic carbocycles. The highest BCUT2D eigenvalue weighted by molar-refractivity contribution is 5.94. The summed E-state index contributed by atoms with van der Waals surface area (Å²) in [4.78, 5) is 13.5. The molecule has 90 valence electrons. The topological polar surface area (TPSA) is 82.2 Å². The van der Waals surface area contributed by atoms with E-state index in [9.17, 15) is 4.79 Å². The lowest BCUT2D eigenvalue weighted by atomic mass is 10.1. The number of nitrogens with one attached hydrogen (secondary N) is 1. The van der Waals surface area contributed by atoms with Crippen molar-refractivity contribution in [2.24, 2.45) is 11.8 Å². The number of anilines is 1. The predicted octanol–water partition coefficient (Wildman–Crippen LogP) is 1.20. The molecule has 0 aliphatic heterocycles. The molecule has 5 nitrogen and oxygen atoms in total. The number of nitrogens with zero attached hydrogens (tertiary/aromatic N) is 2. The van der Waals surface area contributed by atoms with Gasteiger partial charge in [-0.15, -0.1) is 0 Å². The van der Waals surface area contributed by atoms with Gasteiger partial charge in [0.1, 0.15) is 0 Å². The van der Waals surface area contributed by atoms with Crippen LogP contribution in [-0.2, 0) is 0 Å². The number of nitrogen functional groups attached to an aromatic ring is 1. The van der Waals surface area contributed by atoms with Crippen LogP contribution < -0.4 is 11.3 Å². The van der Waals surface area contributed by atoms with Crippen LogP contribution in [0.1, 0.15) is 17.3 Å². The second-order valence-corrected chi connectivity index (χ2v) is 3.94. The van der Waals surface area contributed by atoms with E-state index in [4.69, 9.17) is 11.1 Å². The summed E-state index contributed by atoms with van der Waals surface area (Å²) in [6.07, 6.45) is 0. The second kappa shape index (κ2) is 5.87. The SMILES string of the molecule is CC(C#N)CN(C)C(=O)c1ccc(NN)cc1. The van der Waals surface area contributed by atoms with Crippen molar-refractivity contribution >= 4 is 11.6 Å². The molecule has 1 aromatic rings. The van der Waals surface area contributed by atoms with Crippen molar-refractivity contribution in [3.63, 3.8) is 0 Å². The lowest BCUT2D eigenvalue weighted by Gasteiger charge is -2.18. The van der Waals surface area contributed by atoms with Crippen molar-refractivity contribution in [2.45, 2.75) is 6.92 Å². The van der Waals surface area contributed by atoms with Crippen LogP contribution in [0.3, 0.4) is 0 Å². The van der Waals surface area contributed by atoms with Crippen LogP contribution in [0.2, 0.25) is 0 Å². The van der Waals surface area contributed by atoms with Gasteiger partial charge in [-0.3, -0.25) is 10.6 Å². The Bertz CT molecular complexity index is 421. The molecule has 0 aliphatic rings. The zero-order valence-electron chi connectivity index (χ0n) is 9.97. The molecule has 0 bridgehead atoms. The summed E-state index contributed by atoms with van der Waals surface area (Å²) in [5.41, 5.74) is 3.82. The lowest BCUT2D eigenvalue weighted by molar-refractivity contribution is 0.0785. The van der Waals surface area contributed by atoms with Gasteiger partial charge in [-0.05, 0) is 31.2 Å². The third-order valence-corrected chi connectivity index (χ3v) is 2.41. The molecule has 5 heteroatoms. The molecule has 0 saturated heterocycles. The van der Waals surface area contributed by atoms with E-state index in [-0.39, 0.29) is 11.8 Å². The van der Waals surface area contributed by atoms with Crippen molar-refractivity contribution in [1.82, 2.24) is 4.90 Å². The summed E-state index contributed by atoms with van der Waals surface area (Å²) in [5, 5.41) is 8.69. The summed E-state index contributed by atoms with van der Waals surface area (Å²) < 4.78 is 0. The van der Waals surface area contributed by atoms with E-state index in [1.54, 1.807) is 43.1 Å². The predicted molar refractivity (Wildman–Crippen MR) is 66.0 cm³/mol. The highest BCUT2D eigenvalue weighted by Crippen LogP contribution is 2.10. The highest BCUT2D eigenvalue weighted by Gasteiger charge is 2.13. The monoisotopic (exact) mass is 232 g/mol. The summed E-state index contributed by atoms with van der Waals surface area (Å²) in [7, 11) is 1.69. The molecule has 1 rings (SSSR count). The Morgan fingerprint density at radius 1 is 1.53 bits per heavy atom. The number of nitrogens with two attached hydrogens (primary N) is 1. The normalized spacial score (nSPS) is 11.4. The number of hydrazine groups is 1. The minimum absolute atomic E-state index is 0.101. The zero-order valence-corrected chi connectivity index (χ0v) is 9.97. The van der Waals surface area contributed by atoms with Gasteiger partial charge >= 0.3 is 0 Å². The second-order valence-electron chi connectivity index (χ2n) is 3.94. The highest BCUT2D eigenvalue weighted by atomic mass is 16.2. The van der Waals surface area contributed by atoms with Gasteiger partial charge in [0.25, 0.3) is 5.91 Å². The fraction of sp³-hybridized carbons (Fsp3) is 0.333. The summed E-state index contributed by atoms with van der Waals surface area (Å²) >= 11 is 0. The first-order chi connectivity index (χ1) is 8.08. The smallest absolute Gasteiger partial charge is 0.253 e. The summed E-state index contributed by atoms with van der Waals surface area (Å²) in [6.45, 7) is 2.21. The number of amides is 1. The molecular weight excluding hydrogens is 216 g/mol. The van der Waals surface area contributed by atoms with Gasteiger partial charge in [0.2, 0.25) is 0 Å². The maximum atomic E-state index is 12.0. The Balaban J connectivity index is 2.72. The van der Waals surface area contributed by atoms with E-state index in [2.05, 4.69) is 11.5 Å². The third-order valence-electron chi connectivity index (χ3n) is 2.41. The Morgan fingerprint density at radius 3 is 2.59 bits per heavy atom. The first kappa shape index (κ1) is 13.0. The van der Waals surface area contributed by atoms with E-state index in [1.165, 1.54) is 0 Å².